The summed E-state index contributed by atoms with van der Waals surface area (Å²) in [6.07, 6.45) is 4.70. The molecule has 190 valence electrons. The molecule has 1 aliphatic rings. The Kier molecular flexibility index (Phi) is 8.06. The standard InChI is InChI=1S/C29H33ClN2O3S/c1-6-35-24-15-18(7-14-23(24)34-5)17-31-28-26(27(33)32-21-11-9-20(30)10-12-21)22-13-8-19(29(2,3)4)16-25(22)36-28/h7,9-12,14-15,17,19H,6,8,13,16H2,1-5H3,(H,32,33)/t19-/m1/s1. The molecule has 1 atom stereocenters. The van der Waals surface area contributed by atoms with Crippen LogP contribution in [0.5, 0.6) is 11.5 Å². The topological polar surface area (TPSA) is 59.9 Å². The van der Waals surface area contributed by atoms with Gasteiger partial charge in [0.1, 0.15) is 5.00 Å². The third-order valence-electron chi connectivity index (χ3n) is 6.62. The number of rotatable bonds is 7. The number of halogens is 1. The summed E-state index contributed by atoms with van der Waals surface area (Å²) >= 11 is 7.65. The van der Waals surface area contributed by atoms with E-state index in [2.05, 4.69) is 26.1 Å². The number of amides is 1. The largest absolute Gasteiger partial charge is 0.493 e. The Balaban J connectivity index is 1.69. The number of carbonyl (C=O) groups excluding carboxylic acids is 1. The molecule has 1 aromatic heterocycles. The highest BCUT2D eigenvalue weighted by atomic mass is 35.5. The maximum Gasteiger partial charge on any atom is 0.259 e. The number of fused-ring (bicyclic) bond motifs is 1. The van der Waals surface area contributed by atoms with Crippen LogP contribution in [0.2, 0.25) is 5.02 Å². The van der Waals surface area contributed by atoms with Gasteiger partial charge < -0.3 is 14.8 Å². The van der Waals surface area contributed by atoms with E-state index in [0.29, 0.717) is 40.3 Å². The molecule has 0 radical (unpaired) electrons. The molecule has 1 amide bonds. The third kappa shape index (κ3) is 5.93. The van der Waals surface area contributed by atoms with E-state index in [0.717, 1.165) is 35.4 Å². The van der Waals surface area contributed by atoms with Gasteiger partial charge in [0.2, 0.25) is 0 Å². The Hall–Kier alpha value is -2.83. The highest BCUT2D eigenvalue weighted by molar-refractivity contribution is 7.16. The Labute approximate surface area is 222 Å². The molecule has 0 spiro atoms. The van der Waals surface area contributed by atoms with Crippen molar-refractivity contribution in [3.63, 3.8) is 0 Å². The number of carbonyl (C=O) groups is 1. The van der Waals surface area contributed by atoms with Crippen molar-refractivity contribution in [1.29, 1.82) is 0 Å². The number of nitrogens with one attached hydrogen (secondary N) is 1. The Morgan fingerprint density at radius 2 is 1.94 bits per heavy atom. The molecular formula is C29H33ClN2O3S. The van der Waals surface area contributed by atoms with Gasteiger partial charge >= 0.3 is 0 Å². The minimum Gasteiger partial charge on any atom is -0.493 e. The monoisotopic (exact) mass is 524 g/mol. The zero-order valence-electron chi connectivity index (χ0n) is 21.5. The summed E-state index contributed by atoms with van der Waals surface area (Å²) in [5.41, 5.74) is 3.60. The summed E-state index contributed by atoms with van der Waals surface area (Å²) < 4.78 is 11.1. The Morgan fingerprint density at radius 3 is 2.61 bits per heavy atom. The van der Waals surface area contributed by atoms with Gasteiger partial charge in [0.25, 0.3) is 5.91 Å². The summed E-state index contributed by atoms with van der Waals surface area (Å²) in [6, 6.07) is 12.9. The summed E-state index contributed by atoms with van der Waals surface area (Å²) in [6.45, 7) is 9.36. The van der Waals surface area contributed by atoms with Crippen molar-refractivity contribution in [1.82, 2.24) is 0 Å². The number of hydrogen-bond donors (Lipinski definition) is 1. The van der Waals surface area contributed by atoms with Gasteiger partial charge in [-0.15, -0.1) is 11.3 Å². The number of nitrogens with zero attached hydrogens (tertiary/aromatic N) is 1. The van der Waals surface area contributed by atoms with Crippen molar-refractivity contribution >= 4 is 45.7 Å². The summed E-state index contributed by atoms with van der Waals surface area (Å²) in [5.74, 6) is 1.78. The first-order valence-electron chi connectivity index (χ1n) is 12.3. The molecule has 3 aromatic rings. The first kappa shape index (κ1) is 26.2. The van der Waals surface area contributed by atoms with Gasteiger partial charge in [0.05, 0.1) is 19.3 Å². The van der Waals surface area contributed by atoms with Gasteiger partial charge in [-0.05, 0) is 91.1 Å². The van der Waals surface area contributed by atoms with Gasteiger partial charge in [-0.25, -0.2) is 4.99 Å². The zero-order chi connectivity index (χ0) is 25.9. The molecule has 36 heavy (non-hydrogen) atoms. The second kappa shape index (κ2) is 11.1. The lowest BCUT2D eigenvalue weighted by atomic mass is 9.72. The molecule has 0 aliphatic heterocycles. The molecule has 4 rings (SSSR count). The number of ether oxygens (including phenoxy) is 2. The number of methoxy groups -OCH3 is 1. The molecule has 0 saturated heterocycles. The van der Waals surface area contributed by atoms with Crippen molar-refractivity contribution in [3.05, 3.63) is 69.1 Å². The molecule has 0 unspecified atom stereocenters. The fraction of sp³-hybridized carbons (Fsp3) is 0.379. The lowest BCUT2D eigenvalue weighted by Crippen LogP contribution is -2.27. The normalized spacial score (nSPS) is 15.6. The second-order valence-electron chi connectivity index (χ2n) is 10.1. The van der Waals surface area contributed by atoms with Gasteiger partial charge in [0, 0.05) is 21.8 Å². The summed E-state index contributed by atoms with van der Waals surface area (Å²) in [5, 5.41) is 4.40. The maximum atomic E-state index is 13.5. The maximum absolute atomic E-state index is 13.5. The molecule has 2 aromatic carbocycles. The van der Waals surface area contributed by atoms with E-state index in [1.165, 1.54) is 4.88 Å². The van der Waals surface area contributed by atoms with Crippen LogP contribution in [-0.4, -0.2) is 25.8 Å². The fourth-order valence-corrected chi connectivity index (χ4v) is 5.93. The molecule has 1 aliphatic carbocycles. The smallest absolute Gasteiger partial charge is 0.259 e. The third-order valence-corrected chi connectivity index (χ3v) is 8.03. The Bertz CT molecular complexity index is 1260. The van der Waals surface area contributed by atoms with E-state index < -0.39 is 0 Å². The minimum atomic E-state index is -0.138. The molecule has 0 saturated carbocycles. The van der Waals surface area contributed by atoms with Gasteiger partial charge in [0.15, 0.2) is 11.5 Å². The van der Waals surface area contributed by atoms with E-state index in [1.54, 1.807) is 36.8 Å². The SMILES string of the molecule is CCOc1cc(C=Nc2sc3c(c2C(=O)Nc2ccc(Cl)cc2)CC[C@@H](C(C)(C)C)C3)ccc1OC. The van der Waals surface area contributed by atoms with E-state index in [4.69, 9.17) is 26.1 Å². The van der Waals surface area contributed by atoms with Crippen LogP contribution in [0.1, 0.15) is 60.5 Å². The van der Waals surface area contributed by atoms with Crippen LogP contribution in [0, 0.1) is 11.3 Å². The van der Waals surface area contributed by atoms with Crippen molar-refractivity contribution in [2.45, 2.75) is 47.0 Å². The van der Waals surface area contributed by atoms with Gasteiger partial charge in [-0.3, -0.25) is 4.79 Å². The second-order valence-corrected chi connectivity index (χ2v) is 11.6. The summed E-state index contributed by atoms with van der Waals surface area (Å²) in [7, 11) is 1.62. The van der Waals surface area contributed by atoms with Crippen LogP contribution in [0.25, 0.3) is 0 Å². The first-order valence-corrected chi connectivity index (χ1v) is 13.5. The fourth-order valence-electron chi connectivity index (χ4n) is 4.54. The molecule has 7 heteroatoms. The van der Waals surface area contributed by atoms with Crippen LogP contribution in [0.15, 0.2) is 47.5 Å². The van der Waals surface area contributed by atoms with Crippen LogP contribution >= 0.6 is 22.9 Å². The molecule has 1 N–H and O–H groups in total. The van der Waals surface area contributed by atoms with E-state index in [1.807, 2.05) is 37.3 Å². The van der Waals surface area contributed by atoms with E-state index in [9.17, 15) is 4.79 Å². The van der Waals surface area contributed by atoms with Crippen molar-refractivity contribution < 1.29 is 14.3 Å². The molecule has 1 heterocycles. The van der Waals surface area contributed by atoms with Crippen molar-refractivity contribution in [2.24, 2.45) is 16.3 Å². The number of aliphatic imine (C=N–C) groups is 1. The van der Waals surface area contributed by atoms with Crippen LogP contribution in [0.3, 0.4) is 0 Å². The lowest BCUT2D eigenvalue weighted by Gasteiger charge is -2.33. The molecule has 5 nitrogen and oxygen atoms in total. The quantitative estimate of drug-likeness (QED) is 0.319. The average Bonchev–Trinajstić information content (AvgIpc) is 3.22. The van der Waals surface area contributed by atoms with Crippen LogP contribution in [0.4, 0.5) is 10.7 Å². The van der Waals surface area contributed by atoms with Gasteiger partial charge in [-0.2, -0.15) is 0 Å². The predicted octanol–water partition coefficient (Wildman–Crippen LogP) is 7.96. The molecule has 0 bridgehead atoms. The zero-order valence-corrected chi connectivity index (χ0v) is 23.1. The highest BCUT2D eigenvalue weighted by Crippen LogP contribution is 2.45. The number of benzene rings is 2. The van der Waals surface area contributed by atoms with Crippen molar-refractivity contribution in [3.8, 4) is 11.5 Å². The number of anilines is 1. The molecular weight excluding hydrogens is 492 g/mol. The minimum absolute atomic E-state index is 0.138. The van der Waals surface area contributed by atoms with E-state index >= 15 is 0 Å². The average molecular weight is 525 g/mol. The number of thiophene rings is 1. The molecule has 0 fully saturated rings. The van der Waals surface area contributed by atoms with Crippen molar-refractivity contribution in [2.75, 3.05) is 19.0 Å². The Morgan fingerprint density at radius 1 is 1.19 bits per heavy atom. The number of hydrogen-bond acceptors (Lipinski definition) is 5. The van der Waals surface area contributed by atoms with Crippen LogP contribution < -0.4 is 14.8 Å². The predicted molar refractivity (Wildman–Crippen MR) is 150 cm³/mol. The van der Waals surface area contributed by atoms with Crippen LogP contribution in [-0.2, 0) is 12.8 Å². The highest BCUT2D eigenvalue weighted by Gasteiger charge is 2.33. The lowest BCUT2D eigenvalue weighted by molar-refractivity contribution is 0.102. The van der Waals surface area contributed by atoms with E-state index in [-0.39, 0.29) is 11.3 Å². The summed E-state index contributed by atoms with van der Waals surface area (Å²) in [4.78, 5) is 19.6. The van der Waals surface area contributed by atoms with Gasteiger partial charge in [-0.1, -0.05) is 32.4 Å². The first-order chi connectivity index (χ1) is 17.2.